The van der Waals surface area contributed by atoms with Crippen molar-refractivity contribution < 1.29 is 18.3 Å². The van der Waals surface area contributed by atoms with Crippen molar-refractivity contribution in [3.8, 4) is 0 Å². The molecule has 0 aromatic heterocycles. The van der Waals surface area contributed by atoms with E-state index in [2.05, 4.69) is 4.74 Å². The Balaban J connectivity index is 3.57. The lowest BCUT2D eigenvalue weighted by Crippen LogP contribution is -2.42. The first-order valence-corrected chi connectivity index (χ1v) is 3.88. The van der Waals surface area contributed by atoms with E-state index in [4.69, 9.17) is 5.73 Å². The summed E-state index contributed by atoms with van der Waals surface area (Å²) in [5.41, 5.74) is 5.35. The van der Waals surface area contributed by atoms with E-state index >= 15 is 0 Å². The fraction of sp³-hybridized carbons (Fsp3) is 0.857. The zero-order valence-electron chi connectivity index (χ0n) is 7.43. The number of hydrogen-bond acceptors (Lipinski definition) is 3. The molecule has 4 nitrogen and oxygen atoms in total. The summed E-state index contributed by atoms with van der Waals surface area (Å²) in [5, 5.41) is 2.02. The number of hydrogen-bond donors (Lipinski definition) is 2. The summed E-state index contributed by atoms with van der Waals surface area (Å²) in [6.45, 7) is -0.317. The third kappa shape index (κ3) is 6.41. The molecule has 1 amide bonds. The molecule has 0 fully saturated rings. The highest BCUT2D eigenvalue weighted by molar-refractivity contribution is 5.81. The maximum absolute atomic E-state index is 11.6. The molecule has 0 bridgehead atoms. The van der Waals surface area contributed by atoms with Crippen LogP contribution < -0.4 is 11.1 Å². The Bertz CT molecular complexity index is 155. The Hall–Kier alpha value is -0.750. The van der Waals surface area contributed by atoms with Gasteiger partial charge in [-0.2, -0.15) is 0 Å². The van der Waals surface area contributed by atoms with Gasteiger partial charge in [0.2, 0.25) is 5.91 Å². The normalized spacial score (nSPS) is 13.0. The van der Waals surface area contributed by atoms with Crippen LogP contribution in [0.3, 0.4) is 0 Å². The molecule has 0 aliphatic heterocycles. The van der Waals surface area contributed by atoms with Crippen molar-refractivity contribution in [2.45, 2.75) is 18.9 Å². The lowest BCUT2D eigenvalue weighted by Gasteiger charge is -2.10. The van der Waals surface area contributed by atoms with E-state index in [1.807, 2.05) is 5.32 Å². The van der Waals surface area contributed by atoms with Gasteiger partial charge in [0.05, 0.1) is 12.6 Å². The molecule has 1 unspecified atom stereocenters. The number of carbonyl (C=O) groups is 1. The lowest BCUT2D eigenvalue weighted by molar-refractivity contribution is -0.123. The molecule has 0 spiro atoms. The molecule has 3 N–H and O–H groups in total. The standard InChI is InChI=1S/C7H14F2N2O2/c1-13-3-2-5(10)7(12)11-4-6(8)9/h5-6H,2-4,10H2,1H3,(H,11,12). The summed E-state index contributed by atoms with van der Waals surface area (Å²) in [4.78, 5) is 10.9. The van der Waals surface area contributed by atoms with Gasteiger partial charge >= 0.3 is 0 Å². The molecule has 0 aromatic rings. The van der Waals surface area contributed by atoms with E-state index in [1.54, 1.807) is 0 Å². The molecule has 0 aliphatic rings. The fourth-order valence-electron chi connectivity index (χ4n) is 0.685. The number of alkyl halides is 2. The molecule has 0 aliphatic carbocycles. The van der Waals surface area contributed by atoms with Crippen molar-refractivity contribution in [1.82, 2.24) is 5.32 Å². The van der Waals surface area contributed by atoms with Crippen molar-refractivity contribution >= 4 is 5.91 Å². The zero-order valence-corrected chi connectivity index (χ0v) is 7.43. The number of nitrogens with two attached hydrogens (primary N) is 1. The van der Waals surface area contributed by atoms with Crippen LogP contribution in [0.2, 0.25) is 0 Å². The molecule has 78 valence electrons. The monoisotopic (exact) mass is 196 g/mol. The van der Waals surface area contributed by atoms with Gasteiger partial charge < -0.3 is 15.8 Å². The van der Waals surface area contributed by atoms with Gasteiger partial charge in [-0.1, -0.05) is 0 Å². The van der Waals surface area contributed by atoms with E-state index < -0.39 is 24.9 Å². The van der Waals surface area contributed by atoms with E-state index in [9.17, 15) is 13.6 Å². The van der Waals surface area contributed by atoms with Crippen LogP contribution in [0.25, 0.3) is 0 Å². The minimum atomic E-state index is -2.54. The Morgan fingerprint density at radius 1 is 1.62 bits per heavy atom. The van der Waals surface area contributed by atoms with Crippen LogP contribution in [-0.4, -0.2) is 38.6 Å². The predicted octanol–water partition coefficient (Wildman–Crippen LogP) is -0.268. The zero-order chi connectivity index (χ0) is 10.3. The highest BCUT2D eigenvalue weighted by Crippen LogP contribution is 1.91. The number of rotatable bonds is 6. The van der Waals surface area contributed by atoms with Crippen LogP contribution in [0.5, 0.6) is 0 Å². The van der Waals surface area contributed by atoms with Gasteiger partial charge in [-0.15, -0.1) is 0 Å². The Labute approximate surface area is 75.4 Å². The maximum atomic E-state index is 11.6. The number of carbonyl (C=O) groups excluding carboxylic acids is 1. The summed E-state index contributed by atoms with van der Waals surface area (Å²) >= 11 is 0. The molecular weight excluding hydrogens is 182 g/mol. The smallest absolute Gasteiger partial charge is 0.255 e. The van der Waals surface area contributed by atoms with Crippen molar-refractivity contribution in [1.29, 1.82) is 0 Å². The molecule has 0 heterocycles. The second-order valence-electron chi connectivity index (χ2n) is 2.52. The number of amides is 1. The van der Waals surface area contributed by atoms with Crippen molar-refractivity contribution in [2.24, 2.45) is 5.73 Å². The van der Waals surface area contributed by atoms with Crippen molar-refractivity contribution in [2.75, 3.05) is 20.3 Å². The summed E-state index contributed by atoms with van der Waals surface area (Å²) in [6, 6.07) is -0.779. The molecule has 0 saturated heterocycles. The summed E-state index contributed by atoms with van der Waals surface area (Å²) in [5.74, 6) is -0.572. The Morgan fingerprint density at radius 2 is 2.23 bits per heavy atom. The quantitative estimate of drug-likeness (QED) is 0.614. The van der Waals surface area contributed by atoms with Gasteiger partial charge in [0.1, 0.15) is 0 Å². The van der Waals surface area contributed by atoms with Crippen LogP contribution >= 0.6 is 0 Å². The third-order valence-electron chi connectivity index (χ3n) is 1.40. The number of methoxy groups -OCH3 is 1. The largest absolute Gasteiger partial charge is 0.385 e. The summed E-state index contributed by atoms with van der Waals surface area (Å²) in [7, 11) is 1.48. The Morgan fingerprint density at radius 3 is 2.69 bits per heavy atom. The average molecular weight is 196 g/mol. The summed E-state index contributed by atoms with van der Waals surface area (Å²) in [6.07, 6.45) is -2.22. The molecule has 6 heteroatoms. The van der Waals surface area contributed by atoms with Gasteiger partial charge in [0.25, 0.3) is 6.43 Å². The van der Waals surface area contributed by atoms with Gasteiger partial charge in [-0.05, 0) is 6.42 Å². The maximum Gasteiger partial charge on any atom is 0.255 e. The number of nitrogens with one attached hydrogen (secondary N) is 1. The number of ether oxygens (including phenoxy) is 1. The minimum absolute atomic E-state index is 0.325. The first-order chi connectivity index (χ1) is 6.07. The second-order valence-corrected chi connectivity index (χ2v) is 2.52. The van der Waals surface area contributed by atoms with E-state index in [1.165, 1.54) is 7.11 Å². The Kier molecular flexibility index (Phi) is 6.34. The molecule has 0 radical (unpaired) electrons. The van der Waals surface area contributed by atoms with Crippen LogP contribution in [0.4, 0.5) is 8.78 Å². The fourth-order valence-corrected chi connectivity index (χ4v) is 0.685. The predicted molar refractivity (Wildman–Crippen MR) is 43.5 cm³/mol. The summed E-state index contributed by atoms with van der Waals surface area (Å²) < 4.78 is 27.9. The van der Waals surface area contributed by atoms with E-state index in [0.29, 0.717) is 13.0 Å². The van der Waals surface area contributed by atoms with Gasteiger partial charge in [0.15, 0.2) is 0 Å². The minimum Gasteiger partial charge on any atom is -0.385 e. The van der Waals surface area contributed by atoms with E-state index in [-0.39, 0.29) is 0 Å². The molecule has 0 rings (SSSR count). The lowest BCUT2D eigenvalue weighted by atomic mass is 10.2. The average Bonchev–Trinajstić information content (AvgIpc) is 2.10. The first kappa shape index (κ1) is 12.2. The number of halogens is 2. The highest BCUT2D eigenvalue weighted by atomic mass is 19.3. The third-order valence-corrected chi connectivity index (χ3v) is 1.40. The second kappa shape index (κ2) is 6.73. The van der Waals surface area contributed by atoms with Crippen LogP contribution in [-0.2, 0) is 9.53 Å². The van der Waals surface area contributed by atoms with Crippen LogP contribution in [0.1, 0.15) is 6.42 Å². The van der Waals surface area contributed by atoms with Crippen molar-refractivity contribution in [3.63, 3.8) is 0 Å². The van der Waals surface area contributed by atoms with Gasteiger partial charge in [-0.3, -0.25) is 4.79 Å². The molecule has 0 saturated carbocycles. The first-order valence-electron chi connectivity index (χ1n) is 3.88. The molecule has 13 heavy (non-hydrogen) atoms. The van der Waals surface area contributed by atoms with Gasteiger partial charge in [0, 0.05) is 13.7 Å². The van der Waals surface area contributed by atoms with Crippen molar-refractivity contribution in [3.05, 3.63) is 0 Å². The van der Waals surface area contributed by atoms with Gasteiger partial charge in [-0.25, -0.2) is 8.78 Å². The van der Waals surface area contributed by atoms with Crippen LogP contribution in [0.15, 0.2) is 0 Å². The molecule has 0 aromatic carbocycles. The highest BCUT2D eigenvalue weighted by Gasteiger charge is 2.13. The van der Waals surface area contributed by atoms with Crippen LogP contribution in [0, 0.1) is 0 Å². The molecule has 1 atom stereocenters. The van der Waals surface area contributed by atoms with E-state index in [0.717, 1.165) is 0 Å². The SMILES string of the molecule is COCCC(N)C(=O)NCC(F)F. The molecular formula is C7H14F2N2O2. The topological polar surface area (TPSA) is 64.3 Å².